The Morgan fingerprint density at radius 1 is 0.944 bits per heavy atom. The number of halogens is 6. The molecule has 0 aliphatic rings. The molecule has 2 aromatic rings. The van der Waals surface area contributed by atoms with Crippen molar-refractivity contribution in [2.45, 2.75) is 46.1 Å². The van der Waals surface area contributed by atoms with Crippen LogP contribution in [0.15, 0.2) is 24.3 Å². The van der Waals surface area contributed by atoms with E-state index in [1.807, 2.05) is 0 Å². The Balaban J connectivity index is 2.26. The second kappa shape index (κ2) is 11.4. The second-order valence-corrected chi connectivity index (χ2v) is 8.08. The van der Waals surface area contributed by atoms with Crippen molar-refractivity contribution in [2.75, 3.05) is 18.5 Å². The number of ether oxygens (including phenoxy) is 2. The lowest BCUT2D eigenvalue weighted by molar-refractivity contribution is -0.155. The SMILES string of the molecule is Cc1cc(C(C)NC(=O)c2ccc(OCC(F)(F)F)nc2OCC(F)(F)F)cc(NC(=O)C(C)C)n1. The minimum absolute atomic E-state index is 0.242. The highest BCUT2D eigenvalue weighted by Crippen LogP contribution is 2.26. The first-order valence-electron chi connectivity index (χ1n) is 10.5. The third-order valence-electron chi connectivity index (χ3n) is 4.43. The van der Waals surface area contributed by atoms with E-state index in [-0.39, 0.29) is 17.6 Å². The maximum atomic E-state index is 12.8. The van der Waals surface area contributed by atoms with Gasteiger partial charge in [0, 0.05) is 17.7 Å². The zero-order chi connectivity index (χ0) is 27.3. The van der Waals surface area contributed by atoms with E-state index in [9.17, 15) is 35.9 Å². The van der Waals surface area contributed by atoms with E-state index < -0.39 is 54.8 Å². The summed E-state index contributed by atoms with van der Waals surface area (Å²) in [6.45, 7) is 3.06. The topological polar surface area (TPSA) is 102 Å². The lowest BCUT2D eigenvalue weighted by Gasteiger charge is -2.18. The number of rotatable bonds is 9. The lowest BCUT2D eigenvalue weighted by Crippen LogP contribution is -2.29. The van der Waals surface area contributed by atoms with Crippen LogP contribution in [0.2, 0.25) is 0 Å². The number of amides is 2. The Morgan fingerprint density at radius 2 is 1.56 bits per heavy atom. The normalized spacial score (nSPS) is 12.8. The molecule has 0 saturated heterocycles. The standard InChI is InChI=1S/C22H24F6N4O4/c1-11(2)18(33)31-16-8-14(7-12(3)29-16)13(4)30-19(34)15-5-6-17(35-9-21(23,24)25)32-20(15)36-10-22(26,27)28/h5-8,11,13H,9-10H2,1-4H3,(H,30,34)(H,29,31,33). The fraction of sp³-hybridized carbons (Fsp3) is 0.455. The van der Waals surface area contributed by atoms with Gasteiger partial charge in [-0.3, -0.25) is 9.59 Å². The Kier molecular flexibility index (Phi) is 9.10. The molecule has 0 aliphatic heterocycles. The number of nitrogens with one attached hydrogen (secondary N) is 2. The van der Waals surface area contributed by atoms with Crippen molar-refractivity contribution >= 4 is 17.6 Å². The third kappa shape index (κ3) is 9.23. The molecule has 0 saturated carbocycles. The van der Waals surface area contributed by atoms with Crippen molar-refractivity contribution < 1.29 is 45.4 Å². The van der Waals surface area contributed by atoms with Gasteiger partial charge in [-0.1, -0.05) is 13.8 Å². The molecule has 2 N–H and O–H groups in total. The fourth-order valence-electron chi connectivity index (χ4n) is 2.73. The van der Waals surface area contributed by atoms with Crippen LogP contribution in [0.3, 0.4) is 0 Å². The van der Waals surface area contributed by atoms with E-state index in [0.717, 1.165) is 12.1 Å². The second-order valence-electron chi connectivity index (χ2n) is 8.08. The monoisotopic (exact) mass is 522 g/mol. The summed E-state index contributed by atoms with van der Waals surface area (Å²) in [4.78, 5) is 32.5. The van der Waals surface area contributed by atoms with Crippen molar-refractivity contribution in [1.82, 2.24) is 15.3 Å². The van der Waals surface area contributed by atoms with Crippen LogP contribution in [0.25, 0.3) is 0 Å². The molecule has 2 aromatic heterocycles. The van der Waals surface area contributed by atoms with Gasteiger partial charge in [-0.25, -0.2) is 4.98 Å². The van der Waals surface area contributed by atoms with Crippen molar-refractivity contribution in [1.29, 1.82) is 0 Å². The first kappa shape index (κ1) is 28.7. The predicted octanol–water partition coefficient (Wildman–Crippen LogP) is 4.75. The molecule has 0 spiro atoms. The molecule has 0 aliphatic carbocycles. The highest BCUT2D eigenvalue weighted by molar-refractivity contribution is 5.96. The summed E-state index contributed by atoms with van der Waals surface area (Å²) < 4.78 is 84.2. The number of anilines is 1. The van der Waals surface area contributed by atoms with Crippen molar-refractivity contribution in [2.24, 2.45) is 5.92 Å². The Morgan fingerprint density at radius 3 is 2.14 bits per heavy atom. The molecule has 1 unspecified atom stereocenters. The fourth-order valence-corrected chi connectivity index (χ4v) is 2.73. The van der Waals surface area contributed by atoms with Crippen LogP contribution in [0.5, 0.6) is 11.8 Å². The maximum absolute atomic E-state index is 12.8. The number of carbonyl (C=O) groups excluding carboxylic acids is 2. The van der Waals surface area contributed by atoms with Gasteiger partial charge >= 0.3 is 12.4 Å². The minimum Gasteiger partial charge on any atom is -0.468 e. The zero-order valence-electron chi connectivity index (χ0n) is 19.7. The van der Waals surface area contributed by atoms with E-state index in [4.69, 9.17) is 0 Å². The first-order valence-corrected chi connectivity index (χ1v) is 10.5. The molecule has 198 valence electrons. The average Bonchev–Trinajstić information content (AvgIpc) is 2.74. The molecule has 1 atom stereocenters. The summed E-state index contributed by atoms with van der Waals surface area (Å²) in [5.41, 5.74) is 0.588. The van der Waals surface area contributed by atoms with E-state index in [0.29, 0.717) is 11.3 Å². The van der Waals surface area contributed by atoms with E-state index in [1.54, 1.807) is 33.8 Å². The minimum atomic E-state index is -4.79. The molecule has 2 heterocycles. The highest BCUT2D eigenvalue weighted by atomic mass is 19.4. The molecule has 0 fully saturated rings. The van der Waals surface area contributed by atoms with Crippen molar-refractivity contribution in [3.8, 4) is 11.8 Å². The van der Waals surface area contributed by atoms with E-state index >= 15 is 0 Å². The van der Waals surface area contributed by atoms with Gasteiger partial charge in [-0.15, -0.1) is 0 Å². The quantitative estimate of drug-likeness (QED) is 0.461. The number of aryl methyl sites for hydroxylation is 1. The molecule has 2 rings (SSSR count). The molecule has 8 nitrogen and oxygen atoms in total. The average molecular weight is 522 g/mol. The van der Waals surface area contributed by atoms with Gasteiger partial charge in [0.25, 0.3) is 5.91 Å². The van der Waals surface area contributed by atoms with Gasteiger partial charge in [-0.05, 0) is 37.6 Å². The highest BCUT2D eigenvalue weighted by Gasteiger charge is 2.31. The van der Waals surface area contributed by atoms with Crippen molar-refractivity contribution in [3.63, 3.8) is 0 Å². The predicted molar refractivity (Wildman–Crippen MR) is 116 cm³/mol. The van der Waals surface area contributed by atoms with Crippen LogP contribution >= 0.6 is 0 Å². The summed E-state index contributed by atoms with van der Waals surface area (Å²) in [6, 6.07) is 4.28. The van der Waals surface area contributed by atoms with Crippen molar-refractivity contribution in [3.05, 3.63) is 41.1 Å². The molecule has 2 amide bonds. The smallest absolute Gasteiger partial charge is 0.422 e. The van der Waals surface area contributed by atoms with Gasteiger partial charge in [0.15, 0.2) is 13.2 Å². The molecular weight excluding hydrogens is 498 g/mol. The molecule has 0 radical (unpaired) electrons. The summed E-state index contributed by atoms with van der Waals surface area (Å²) in [5.74, 6) is -2.78. The number of carbonyl (C=O) groups is 2. The molecule has 36 heavy (non-hydrogen) atoms. The summed E-state index contributed by atoms with van der Waals surface area (Å²) >= 11 is 0. The van der Waals surface area contributed by atoms with E-state index in [2.05, 4.69) is 30.1 Å². The van der Waals surface area contributed by atoms with Gasteiger partial charge in [0.1, 0.15) is 11.4 Å². The summed E-state index contributed by atoms with van der Waals surface area (Å²) in [7, 11) is 0. The lowest BCUT2D eigenvalue weighted by atomic mass is 10.1. The van der Waals surface area contributed by atoms with Crippen LogP contribution in [0, 0.1) is 12.8 Å². The van der Waals surface area contributed by atoms with Gasteiger partial charge < -0.3 is 20.1 Å². The number of hydrogen-bond acceptors (Lipinski definition) is 6. The number of aromatic nitrogens is 2. The van der Waals surface area contributed by atoms with Crippen LogP contribution in [-0.2, 0) is 4.79 Å². The molecule has 0 aromatic carbocycles. The van der Waals surface area contributed by atoms with Gasteiger partial charge in [0.05, 0.1) is 6.04 Å². The number of nitrogens with zero attached hydrogens (tertiary/aromatic N) is 2. The van der Waals surface area contributed by atoms with Gasteiger partial charge in [-0.2, -0.15) is 31.3 Å². The third-order valence-corrected chi connectivity index (χ3v) is 4.43. The largest absolute Gasteiger partial charge is 0.468 e. The number of hydrogen-bond donors (Lipinski definition) is 2. The summed E-state index contributed by atoms with van der Waals surface area (Å²) in [5, 5.41) is 5.19. The Hall–Kier alpha value is -3.58. The van der Waals surface area contributed by atoms with Gasteiger partial charge in [0.2, 0.25) is 17.7 Å². The maximum Gasteiger partial charge on any atom is 0.422 e. The van der Waals surface area contributed by atoms with Crippen LogP contribution in [-0.4, -0.2) is 47.3 Å². The van der Waals surface area contributed by atoms with Crippen LogP contribution in [0.4, 0.5) is 32.2 Å². The number of pyridine rings is 2. The van der Waals surface area contributed by atoms with Crippen LogP contribution < -0.4 is 20.1 Å². The molecule has 14 heteroatoms. The number of alkyl halides is 6. The Bertz CT molecular complexity index is 1090. The zero-order valence-corrected chi connectivity index (χ0v) is 19.7. The molecule has 0 bridgehead atoms. The van der Waals surface area contributed by atoms with E-state index in [1.165, 1.54) is 6.07 Å². The first-order chi connectivity index (χ1) is 16.5. The Labute approximate surface area is 202 Å². The summed E-state index contributed by atoms with van der Waals surface area (Å²) in [6.07, 6.45) is -9.51. The van der Waals surface area contributed by atoms with Crippen LogP contribution in [0.1, 0.15) is 48.4 Å². The molecular formula is C22H24F6N4O4.